The third-order valence-electron chi connectivity index (χ3n) is 2.76. The highest BCUT2D eigenvalue weighted by molar-refractivity contribution is 7.91. The largest absolute Gasteiger partial charge is 0.481 e. The fourth-order valence-electron chi connectivity index (χ4n) is 1.77. The molecule has 1 unspecified atom stereocenters. The quantitative estimate of drug-likeness (QED) is 0.861. The summed E-state index contributed by atoms with van der Waals surface area (Å²) in [6.45, 7) is 3.63. The van der Waals surface area contributed by atoms with Crippen molar-refractivity contribution in [1.82, 2.24) is 0 Å². The van der Waals surface area contributed by atoms with Crippen LogP contribution in [0.2, 0.25) is 0 Å². The van der Waals surface area contributed by atoms with Crippen LogP contribution in [0.5, 0.6) is 0 Å². The van der Waals surface area contributed by atoms with Gasteiger partial charge in [-0.1, -0.05) is 26.0 Å². The van der Waals surface area contributed by atoms with Gasteiger partial charge in [0.15, 0.2) is 9.84 Å². The van der Waals surface area contributed by atoms with E-state index in [0.29, 0.717) is 11.3 Å². The van der Waals surface area contributed by atoms with Gasteiger partial charge in [0.05, 0.1) is 17.1 Å². The van der Waals surface area contributed by atoms with Crippen molar-refractivity contribution in [2.75, 3.05) is 5.75 Å². The number of hydrogen-bond acceptors (Lipinski definition) is 3. The molecule has 18 heavy (non-hydrogen) atoms. The molecule has 1 rings (SSSR count). The number of benzene rings is 1. The molecule has 0 bridgehead atoms. The summed E-state index contributed by atoms with van der Waals surface area (Å²) < 4.78 is 23.6. The lowest BCUT2D eigenvalue weighted by Gasteiger charge is -2.10. The van der Waals surface area contributed by atoms with Gasteiger partial charge in [-0.25, -0.2) is 8.42 Å². The molecule has 0 heterocycles. The second kappa shape index (κ2) is 6.00. The van der Waals surface area contributed by atoms with Gasteiger partial charge >= 0.3 is 5.97 Å². The number of rotatable bonds is 6. The lowest BCUT2D eigenvalue weighted by atomic mass is 9.98. The molecule has 100 valence electrons. The van der Waals surface area contributed by atoms with Crippen LogP contribution in [0.3, 0.4) is 0 Å². The summed E-state index contributed by atoms with van der Waals surface area (Å²) in [5, 5.41) is 8.70. The second-order valence-electron chi connectivity index (χ2n) is 4.39. The Labute approximate surface area is 108 Å². The zero-order chi connectivity index (χ0) is 13.8. The summed E-state index contributed by atoms with van der Waals surface area (Å²) in [4.78, 5) is 10.9. The smallest absolute Gasteiger partial charge is 0.303 e. The Morgan fingerprint density at radius 3 is 2.28 bits per heavy atom. The maximum atomic E-state index is 11.8. The number of carboxylic acid groups (broad SMARTS) is 1. The lowest BCUT2D eigenvalue weighted by Crippen LogP contribution is -2.07. The van der Waals surface area contributed by atoms with Crippen LogP contribution in [0.25, 0.3) is 0 Å². The summed E-state index contributed by atoms with van der Waals surface area (Å²) in [7, 11) is -3.19. The van der Waals surface area contributed by atoms with Crippen LogP contribution in [0, 0.1) is 0 Å². The van der Waals surface area contributed by atoms with Gasteiger partial charge in [-0.2, -0.15) is 0 Å². The molecule has 1 aromatic rings. The zero-order valence-corrected chi connectivity index (χ0v) is 11.4. The molecule has 0 saturated carbocycles. The molecule has 0 aliphatic carbocycles. The molecule has 5 heteroatoms. The van der Waals surface area contributed by atoms with Crippen LogP contribution in [0.4, 0.5) is 0 Å². The molecule has 0 aromatic heterocycles. The van der Waals surface area contributed by atoms with Gasteiger partial charge in [-0.15, -0.1) is 0 Å². The standard InChI is InChI=1S/C13H18O4S/c1-3-8-18(16,17)12-6-4-11(5-7-12)10(2)9-13(14)15/h4-7,10H,3,8-9H2,1-2H3,(H,14,15). The average molecular weight is 270 g/mol. The average Bonchev–Trinajstić information content (AvgIpc) is 2.28. The van der Waals surface area contributed by atoms with Crippen LogP contribution in [-0.2, 0) is 14.6 Å². The van der Waals surface area contributed by atoms with Crippen molar-refractivity contribution in [3.63, 3.8) is 0 Å². The number of carbonyl (C=O) groups is 1. The van der Waals surface area contributed by atoms with E-state index in [1.807, 2.05) is 13.8 Å². The molecule has 0 aliphatic rings. The Morgan fingerprint density at radius 2 is 1.83 bits per heavy atom. The number of aliphatic carboxylic acids is 1. The molecule has 4 nitrogen and oxygen atoms in total. The number of carboxylic acids is 1. The number of hydrogen-bond donors (Lipinski definition) is 1. The van der Waals surface area contributed by atoms with Crippen molar-refractivity contribution < 1.29 is 18.3 Å². The highest BCUT2D eigenvalue weighted by Gasteiger charge is 2.14. The maximum absolute atomic E-state index is 11.8. The summed E-state index contributed by atoms with van der Waals surface area (Å²) in [5.41, 5.74) is 0.841. The van der Waals surface area contributed by atoms with E-state index in [9.17, 15) is 13.2 Å². The molecular formula is C13H18O4S. The van der Waals surface area contributed by atoms with Gasteiger partial charge in [0.1, 0.15) is 0 Å². The molecule has 0 radical (unpaired) electrons. The summed E-state index contributed by atoms with van der Waals surface area (Å²) in [6, 6.07) is 6.49. The fraction of sp³-hybridized carbons (Fsp3) is 0.462. The van der Waals surface area contributed by atoms with E-state index in [4.69, 9.17) is 5.11 Å². The predicted octanol–water partition coefficient (Wildman–Crippen LogP) is 2.45. The van der Waals surface area contributed by atoms with Crippen LogP contribution in [0.15, 0.2) is 29.2 Å². The fourth-order valence-corrected chi connectivity index (χ4v) is 3.09. The van der Waals surface area contributed by atoms with E-state index < -0.39 is 15.8 Å². The third-order valence-corrected chi connectivity index (χ3v) is 4.70. The van der Waals surface area contributed by atoms with Crippen LogP contribution < -0.4 is 0 Å². The molecular weight excluding hydrogens is 252 g/mol. The Hall–Kier alpha value is -1.36. The molecule has 0 amide bonds. The van der Waals surface area contributed by atoms with E-state index in [2.05, 4.69) is 0 Å². The Bertz CT molecular complexity index is 502. The molecule has 0 saturated heterocycles. The van der Waals surface area contributed by atoms with E-state index in [1.54, 1.807) is 24.3 Å². The van der Waals surface area contributed by atoms with Gasteiger partial charge in [0.2, 0.25) is 0 Å². The van der Waals surface area contributed by atoms with Gasteiger partial charge in [0, 0.05) is 0 Å². The Morgan fingerprint density at radius 1 is 1.28 bits per heavy atom. The van der Waals surface area contributed by atoms with E-state index in [1.165, 1.54) is 0 Å². The first kappa shape index (κ1) is 14.7. The molecule has 0 spiro atoms. The van der Waals surface area contributed by atoms with Crippen molar-refractivity contribution in [3.8, 4) is 0 Å². The molecule has 1 atom stereocenters. The van der Waals surface area contributed by atoms with E-state index in [-0.39, 0.29) is 18.1 Å². The minimum atomic E-state index is -3.19. The second-order valence-corrected chi connectivity index (χ2v) is 6.50. The van der Waals surface area contributed by atoms with Crippen molar-refractivity contribution in [3.05, 3.63) is 29.8 Å². The van der Waals surface area contributed by atoms with Gasteiger partial charge in [-0.3, -0.25) is 4.79 Å². The summed E-state index contributed by atoms with van der Waals surface area (Å²) in [6.07, 6.45) is 0.626. The minimum Gasteiger partial charge on any atom is -0.481 e. The Kier molecular flexibility index (Phi) is 4.90. The van der Waals surface area contributed by atoms with Gasteiger partial charge in [0.25, 0.3) is 0 Å². The zero-order valence-electron chi connectivity index (χ0n) is 10.6. The van der Waals surface area contributed by atoms with E-state index in [0.717, 1.165) is 5.56 Å². The SMILES string of the molecule is CCCS(=O)(=O)c1ccc(C(C)CC(=O)O)cc1. The number of sulfone groups is 1. The normalized spacial score (nSPS) is 13.2. The van der Waals surface area contributed by atoms with Crippen molar-refractivity contribution in [1.29, 1.82) is 0 Å². The van der Waals surface area contributed by atoms with Crippen molar-refractivity contribution >= 4 is 15.8 Å². The van der Waals surface area contributed by atoms with Crippen LogP contribution >= 0.6 is 0 Å². The summed E-state index contributed by atoms with van der Waals surface area (Å²) >= 11 is 0. The van der Waals surface area contributed by atoms with Gasteiger partial charge in [-0.05, 0) is 30.0 Å². The molecule has 1 N–H and O–H groups in total. The van der Waals surface area contributed by atoms with Crippen molar-refractivity contribution in [2.24, 2.45) is 0 Å². The minimum absolute atomic E-state index is 0.0427. The maximum Gasteiger partial charge on any atom is 0.303 e. The first-order valence-corrected chi connectivity index (χ1v) is 7.56. The third kappa shape index (κ3) is 3.84. The highest BCUT2D eigenvalue weighted by Crippen LogP contribution is 2.21. The van der Waals surface area contributed by atoms with Crippen LogP contribution in [-0.4, -0.2) is 25.2 Å². The van der Waals surface area contributed by atoms with Crippen LogP contribution in [0.1, 0.15) is 38.2 Å². The predicted molar refractivity (Wildman–Crippen MR) is 69.5 cm³/mol. The molecule has 1 aromatic carbocycles. The van der Waals surface area contributed by atoms with Gasteiger partial charge < -0.3 is 5.11 Å². The Balaban J connectivity index is 2.89. The first-order chi connectivity index (χ1) is 8.36. The topological polar surface area (TPSA) is 71.4 Å². The van der Waals surface area contributed by atoms with Crippen molar-refractivity contribution in [2.45, 2.75) is 37.5 Å². The monoisotopic (exact) mass is 270 g/mol. The summed E-state index contributed by atoms with van der Waals surface area (Å²) in [5.74, 6) is -0.840. The highest BCUT2D eigenvalue weighted by atomic mass is 32.2. The first-order valence-electron chi connectivity index (χ1n) is 5.91. The van der Waals surface area contributed by atoms with E-state index >= 15 is 0 Å². The molecule has 0 fully saturated rings. The lowest BCUT2D eigenvalue weighted by molar-refractivity contribution is -0.137. The molecule has 0 aliphatic heterocycles.